The third-order valence-electron chi connectivity index (χ3n) is 2.75. The molecule has 1 atom stereocenters. The van der Waals surface area contributed by atoms with Gasteiger partial charge in [-0.05, 0) is 38.3 Å². The van der Waals surface area contributed by atoms with Gasteiger partial charge in [0.2, 0.25) is 0 Å². The lowest BCUT2D eigenvalue weighted by Crippen LogP contribution is -2.14. The summed E-state index contributed by atoms with van der Waals surface area (Å²) in [5.41, 5.74) is 0.608. The van der Waals surface area contributed by atoms with E-state index in [1.165, 1.54) is 0 Å². The van der Waals surface area contributed by atoms with Crippen LogP contribution in [-0.2, 0) is 4.74 Å². The SMILES string of the molecule is C#CCCCCC[C@@H](C)OC(=O)c1ccccc1. The maximum atomic E-state index is 11.7. The summed E-state index contributed by atoms with van der Waals surface area (Å²) in [6.45, 7) is 1.93. The minimum absolute atomic E-state index is 0.0384. The van der Waals surface area contributed by atoms with Crippen LogP contribution in [0.3, 0.4) is 0 Å². The molecule has 0 unspecified atom stereocenters. The van der Waals surface area contributed by atoms with Crippen molar-refractivity contribution in [2.75, 3.05) is 0 Å². The van der Waals surface area contributed by atoms with Crippen LogP contribution in [0, 0.1) is 12.3 Å². The molecule has 0 N–H and O–H groups in total. The molecular weight excluding hydrogens is 224 g/mol. The zero-order valence-electron chi connectivity index (χ0n) is 10.9. The Hall–Kier alpha value is -1.75. The molecule has 0 saturated heterocycles. The Kier molecular flexibility index (Phi) is 6.64. The standard InChI is InChI=1S/C16H20O2/c1-3-4-5-6-8-11-14(2)18-16(17)15-12-9-7-10-13-15/h1,7,9-10,12-14H,4-6,8,11H2,2H3/t14-/m1/s1. The summed E-state index contributed by atoms with van der Waals surface area (Å²) in [7, 11) is 0. The second-order valence-electron chi connectivity index (χ2n) is 4.39. The minimum atomic E-state index is -0.244. The minimum Gasteiger partial charge on any atom is -0.459 e. The molecule has 2 nitrogen and oxygen atoms in total. The van der Waals surface area contributed by atoms with Crippen LogP contribution in [0.25, 0.3) is 0 Å². The monoisotopic (exact) mass is 244 g/mol. The Bertz CT molecular complexity index is 389. The van der Waals surface area contributed by atoms with E-state index < -0.39 is 0 Å². The van der Waals surface area contributed by atoms with E-state index in [2.05, 4.69) is 5.92 Å². The number of hydrogen-bond acceptors (Lipinski definition) is 2. The Labute approximate surface area is 109 Å². The van der Waals surface area contributed by atoms with E-state index in [0.29, 0.717) is 5.56 Å². The molecule has 1 aromatic carbocycles. The van der Waals surface area contributed by atoms with Crippen LogP contribution in [0.1, 0.15) is 49.4 Å². The summed E-state index contributed by atoms with van der Waals surface area (Å²) >= 11 is 0. The number of ether oxygens (including phenoxy) is 1. The summed E-state index contributed by atoms with van der Waals surface area (Å²) in [6, 6.07) is 9.08. The molecule has 0 radical (unpaired) electrons. The van der Waals surface area contributed by atoms with Crippen molar-refractivity contribution in [3.63, 3.8) is 0 Å². The number of terminal acetylenes is 1. The van der Waals surface area contributed by atoms with E-state index >= 15 is 0 Å². The molecule has 0 aliphatic rings. The van der Waals surface area contributed by atoms with Gasteiger partial charge in [0.25, 0.3) is 0 Å². The average Bonchev–Trinajstić information content (AvgIpc) is 2.39. The molecule has 1 rings (SSSR count). The normalized spacial score (nSPS) is 11.6. The van der Waals surface area contributed by atoms with Gasteiger partial charge in [0.15, 0.2) is 0 Å². The van der Waals surface area contributed by atoms with Gasteiger partial charge in [-0.15, -0.1) is 12.3 Å². The number of hydrogen-bond donors (Lipinski definition) is 0. The second kappa shape index (κ2) is 8.36. The van der Waals surface area contributed by atoms with Crippen LogP contribution < -0.4 is 0 Å². The smallest absolute Gasteiger partial charge is 0.338 e. The van der Waals surface area contributed by atoms with Crippen LogP contribution in [0.5, 0.6) is 0 Å². The van der Waals surface area contributed by atoms with Crippen molar-refractivity contribution in [1.29, 1.82) is 0 Å². The fourth-order valence-electron chi connectivity index (χ4n) is 1.72. The Morgan fingerprint density at radius 3 is 2.67 bits per heavy atom. The Morgan fingerprint density at radius 1 is 1.28 bits per heavy atom. The van der Waals surface area contributed by atoms with Gasteiger partial charge in [-0.3, -0.25) is 0 Å². The molecule has 0 fully saturated rings. The highest BCUT2D eigenvalue weighted by Gasteiger charge is 2.10. The third kappa shape index (κ3) is 5.54. The molecule has 0 aliphatic carbocycles. The topological polar surface area (TPSA) is 26.3 Å². The summed E-state index contributed by atoms with van der Waals surface area (Å²) in [5.74, 6) is 2.38. The average molecular weight is 244 g/mol. The number of esters is 1. The fourth-order valence-corrected chi connectivity index (χ4v) is 1.72. The van der Waals surface area contributed by atoms with E-state index in [0.717, 1.165) is 32.1 Å². The molecule has 1 aromatic rings. The molecule has 0 heterocycles. The number of unbranched alkanes of at least 4 members (excludes halogenated alkanes) is 3. The summed E-state index contributed by atoms with van der Waals surface area (Å²) in [4.78, 5) is 11.7. The van der Waals surface area contributed by atoms with Crippen LogP contribution >= 0.6 is 0 Å². The lowest BCUT2D eigenvalue weighted by Gasteiger charge is -2.12. The predicted molar refractivity (Wildman–Crippen MR) is 73.2 cm³/mol. The highest BCUT2D eigenvalue weighted by atomic mass is 16.5. The van der Waals surface area contributed by atoms with Crippen molar-refractivity contribution in [1.82, 2.24) is 0 Å². The van der Waals surface area contributed by atoms with Crippen molar-refractivity contribution >= 4 is 5.97 Å². The van der Waals surface area contributed by atoms with Gasteiger partial charge < -0.3 is 4.74 Å². The first-order valence-electron chi connectivity index (χ1n) is 6.43. The largest absolute Gasteiger partial charge is 0.459 e. The van der Waals surface area contributed by atoms with Gasteiger partial charge in [0.05, 0.1) is 11.7 Å². The molecule has 0 bridgehead atoms. The molecule has 0 spiro atoms. The molecule has 18 heavy (non-hydrogen) atoms. The number of benzene rings is 1. The van der Waals surface area contributed by atoms with E-state index in [1.807, 2.05) is 25.1 Å². The van der Waals surface area contributed by atoms with Gasteiger partial charge in [-0.1, -0.05) is 24.6 Å². The van der Waals surface area contributed by atoms with Crippen LogP contribution in [0.15, 0.2) is 30.3 Å². The van der Waals surface area contributed by atoms with Crippen LogP contribution in [0.2, 0.25) is 0 Å². The van der Waals surface area contributed by atoms with Crippen molar-refractivity contribution in [3.8, 4) is 12.3 Å². The highest BCUT2D eigenvalue weighted by Crippen LogP contribution is 2.10. The zero-order chi connectivity index (χ0) is 13.2. The van der Waals surface area contributed by atoms with Crippen LogP contribution in [0.4, 0.5) is 0 Å². The van der Waals surface area contributed by atoms with Crippen molar-refractivity contribution < 1.29 is 9.53 Å². The number of carbonyl (C=O) groups is 1. The summed E-state index contributed by atoms with van der Waals surface area (Å²) in [6.07, 6.45) is 10.1. The van der Waals surface area contributed by atoms with Gasteiger partial charge in [0.1, 0.15) is 0 Å². The molecule has 0 amide bonds. The molecule has 0 saturated carbocycles. The van der Waals surface area contributed by atoms with E-state index in [4.69, 9.17) is 11.2 Å². The lowest BCUT2D eigenvalue weighted by molar-refractivity contribution is 0.0319. The van der Waals surface area contributed by atoms with Gasteiger partial charge in [-0.25, -0.2) is 4.79 Å². The first-order valence-corrected chi connectivity index (χ1v) is 6.43. The second-order valence-corrected chi connectivity index (χ2v) is 4.39. The van der Waals surface area contributed by atoms with E-state index in [1.54, 1.807) is 12.1 Å². The van der Waals surface area contributed by atoms with Crippen molar-refractivity contribution in [2.45, 2.75) is 45.1 Å². The number of rotatable bonds is 7. The first kappa shape index (κ1) is 14.3. The fraction of sp³-hybridized carbons (Fsp3) is 0.438. The third-order valence-corrected chi connectivity index (χ3v) is 2.75. The summed E-state index contributed by atoms with van der Waals surface area (Å²) in [5, 5.41) is 0. The predicted octanol–water partition coefficient (Wildman–Crippen LogP) is 3.82. The van der Waals surface area contributed by atoms with E-state index in [-0.39, 0.29) is 12.1 Å². The summed E-state index contributed by atoms with van der Waals surface area (Å²) < 4.78 is 5.36. The first-order chi connectivity index (χ1) is 8.74. The highest BCUT2D eigenvalue weighted by molar-refractivity contribution is 5.89. The van der Waals surface area contributed by atoms with Crippen LogP contribution in [-0.4, -0.2) is 12.1 Å². The van der Waals surface area contributed by atoms with Crippen molar-refractivity contribution in [3.05, 3.63) is 35.9 Å². The van der Waals surface area contributed by atoms with Gasteiger partial charge >= 0.3 is 5.97 Å². The Morgan fingerprint density at radius 2 is 2.00 bits per heavy atom. The maximum Gasteiger partial charge on any atom is 0.338 e. The van der Waals surface area contributed by atoms with E-state index in [9.17, 15) is 4.79 Å². The molecule has 2 heteroatoms. The van der Waals surface area contributed by atoms with Gasteiger partial charge in [0, 0.05) is 6.42 Å². The molecule has 0 aromatic heterocycles. The van der Waals surface area contributed by atoms with Crippen molar-refractivity contribution in [2.24, 2.45) is 0 Å². The maximum absolute atomic E-state index is 11.7. The number of carbonyl (C=O) groups excluding carboxylic acids is 1. The molecular formula is C16H20O2. The quantitative estimate of drug-likeness (QED) is 0.414. The molecule has 0 aliphatic heterocycles. The lowest BCUT2D eigenvalue weighted by atomic mass is 10.1. The van der Waals surface area contributed by atoms with Gasteiger partial charge in [-0.2, -0.15) is 0 Å². The zero-order valence-corrected chi connectivity index (χ0v) is 10.9. The Balaban J connectivity index is 2.22. The molecule has 96 valence electrons.